The molecule has 0 aromatic heterocycles. The van der Waals surface area contributed by atoms with E-state index in [1.807, 2.05) is 0 Å². The molecule has 6 nitrogen and oxygen atoms in total. The van der Waals surface area contributed by atoms with Gasteiger partial charge in [-0.3, -0.25) is 4.84 Å². The summed E-state index contributed by atoms with van der Waals surface area (Å²) in [6, 6.07) is 0. The maximum absolute atomic E-state index is 9.66. The van der Waals surface area contributed by atoms with Crippen molar-refractivity contribution in [1.82, 2.24) is 5.06 Å². The Morgan fingerprint density at radius 3 is 2.47 bits per heavy atom. The van der Waals surface area contributed by atoms with Crippen LogP contribution in [0.25, 0.3) is 0 Å². The van der Waals surface area contributed by atoms with E-state index in [-0.39, 0.29) is 13.2 Å². The third-order valence-corrected chi connectivity index (χ3v) is 2.66. The molecular weight excluding hydrogens is 202 g/mol. The molecule has 1 saturated heterocycles. The Balaban J connectivity index is 2.80. The summed E-state index contributed by atoms with van der Waals surface area (Å²) in [6.07, 6.45) is -0.789. The van der Waals surface area contributed by atoms with Gasteiger partial charge in [0.25, 0.3) is 0 Å². The lowest BCUT2D eigenvalue weighted by molar-refractivity contribution is -0.229. The van der Waals surface area contributed by atoms with E-state index in [0.717, 1.165) is 0 Å². The van der Waals surface area contributed by atoms with Gasteiger partial charge in [-0.05, 0) is 0 Å². The Morgan fingerprint density at radius 2 is 2.00 bits per heavy atom. The number of aliphatic hydroxyl groups excluding tert-OH is 4. The molecule has 0 saturated carbocycles. The van der Waals surface area contributed by atoms with E-state index in [2.05, 4.69) is 6.58 Å². The van der Waals surface area contributed by atoms with Gasteiger partial charge in [0.2, 0.25) is 0 Å². The highest BCUT2D eigenvalue weighted by atomic mass is 16.7. The largest absolute Gasteiger partial charge is 0.394 e. The summed E-state index contributed by atoms with van der Waals surface area (Å²) in [4.78, 5) is 5.17. The molecule has 1 rings (SSSR count). The number of rotatable bonds is 5. The first-order chi connectivity index (χ1) is 7.12. The highest BCUT2D eigenvalue weighted by molar-refractivity contribution is 5.03. The first-order valence-corrected chi connectivity index (χ1v) is 4.71. The van der Waals surface area contributed by atoms with Crippen LogP contribution >= 0.6 is 0 Å². The average molecular weight is 219 g/mol. The molecule has 0 bridgehead atoms. The Kier molecular flexibility index (Phi) is 4.21. The summed E-state index contributed by atoms with van der Waals surface area (Å²) >= 11 is 0. The van der Waals surface area contributed by atoms with Crippen molar-refractivity contribution in [2.24, 2.45) is 0 Å². The molecule has 0 aromatic carbocycles. The van der Waals surface area contributed by atoms with Crippen LogP contribution in [0.4, 0.5) is 0 Å². The summed E-state index contributed by atoms with van der Waals surface area (Å²) < 4.78 is 0. The molecule has 0 aliphatic carbocycles. The van der Waals surface area contributed by atoms with Crippen molar-refractivity contribution < 1.29 is 25.3 Å². The molecule has 88 valence electrons. The van der Waals surface area contributed by atoms with Crippen LogP contribution in [0, 0.1) is 0 Å². The first kappa shape index (κ1) is 12.6. The Hall–Kier alpha value is -0.500. The lowest BCUT2D eigenvalue weighted by Gasteiger charge is -2.35. The summed E-state index contributed by atoms with van der Waals surface area (Å²) in [5, 5.41) is 38.7. The van der Waals surface area contributed by atoms with Gasteiger partial charge in [-0.2, -0.15) is 5.06 Å². The maximum atomic E-state index is 9.66. The van der Waals surface area contributed by atoms with Gasteiger partial charge in [-0.25, -0.2) is 0 Å². The van der Waals surface area contributed by atoms with Crippen molar-refractivity contribution in [1.29, 1.82) is 0 Å². The van der Waals surface area contributed by atoms with Crippen LogP contribution in [0.1, 0.15) is 0 Å². The number of aliphatic hydroxyl groups is 4. The van der Waals surface area contributed by atoms with E-state index in [1.54, 1.807) is 0 Å². The van der Waals surface area contributed by atoms with E-state index >= 15 is 0 Å². The average Bonchev–Trinajstić information content (AvgIpc) is 2.49. The minimum absolute atomic E-state index is 0.0378. The van der Waals surface area contributed by atoms with E-state index in [0.29, 0.717) is 0 Å². The lowest BCUT2D eigenvalue weighted by atomic mass is 9.95. The van der Waals surface area contributed by atoms with Gasteiger partial charge >= 0.3 is 0 Å². The number of hydrogen-bond acceptors (Lipinski definition) is 6. The van der Waals surface area contributed by atoms with Crippen molar-refractivity contribution in [3.63, 3.8) is 0 Å². The zero-order valence-corrected chi connectivity index (χ0v) is 8.41. The number of hydrogen-bond donors (Lipinski definition) is 4. The molecule has 1 fully saturated rings. The van der Waals surface area contributed by atoms with Gasteiger partial charge < -0.3 is 20.4 Å². The zero-order chi connectivity index (χ0) is 11.5. The number of nitrogens with zero attached hydrogens (tertiary/aromatic N) is 1. The van der Waals surface area contributed by atoms with E-state index in [9.17, 15) is 20.4 Å². The topological polar surface area (TPSA) is 93.4 Å². The van der Waals surface area contributed by atoms with Crippen LogP contribution in [-0.2, 0) is 4.84 Å². The van der Waals surface area contributed by atoms with Gasteiger partial charge in [-0.15, -0.1) is 6.58 Å². The van der Waals surface area contributed by atoms with Crippen LogP contribution in [0.2, 0.25) is 0 Å². The standard InChI is InChI=1S/C9H17NO5/c1-2-3-15-10-4-7(13)8(14)9(10,5-11)6-12/h2,7-8,11-14H,1,3-6H2/t7-,8-/m1/s1. The number of hydroxylamine groups is 2. The molecule has 6 heteroatoms. The molecular formula is C9H17NO5. The summed E-state index contributed by atoms with van der Waals surface area (Å²) in [5.74, 6) is 0. The monoisotopic (exact) mass is 219 g/mol. The second-order valence-corrected chi connectivity index (χ2v) is 3.58. The molecule has 1 aliphatic heterocycles. The van der Waals surface area contributed by atoms with Crippen LogP contribution < -0.4 is 0 Å². The molecule has 0 aromatic rings. The molecule has 4 N–H and O–H groups in total. The van der Waals surface area contributed by atoms with Crippen molar-refractivity contribution in [2.75, 3.05) is 26.4 Å². The predicted molar refractivity (Wildman–Crippen MR) is 51.8 cm³/mol. The molecule has 0 spiro atoms. The fourth-order valence-electron chi connectivity index (χ4n) is 1.68. The van der Waals surface area contributed by atoms with Gasteiger partial charge in [-0.1, -0.05) is 6.08 Å². The Labute approximate surface area is 88.0 Å². The lowest BCUT2D eigenvalue weighted by Crippen LogP contribution is -2.57. The fraction of sp³-hybridized carbons (Fsp3) is 0.778. The molecule has 0 unspecified atom stereocenters. The third-order valence-electron chi connectivity index (χ3n) is 2.66. The molecule has 15 heavy (non-hydrogen) atoms. The highest BCUT2D eigenvalue weighted by Crippen LogP contribution is 2.29. The van der Waals surface area contributed by atoms with Crippen molar-refractivity contribution in [3.05, 3.63) is 12.7 Å². The molecule has 2 atom stereocenters. The quantitative estimate of drug-likeness (QED) is 0.394. The van der Waals surface area contributed by atoms with Gasteiger partial charge in [0.1, 0.15) is 11.6 Å². The van der Waals surface area contributed by atoms with Gasteiger partial charge in [0.05, 0.1) is 32.5 Å². The van der Waals surface area contributed by atoms with Gasteiger partial charge in [0, 0.05) is 0 Å². The summed E-state index contributed by atoms with van der Waals surface area (Å²) in [6.45, 7) is 2.67. The van der Waals surface area contributed by atoms with Crippen LogP contribution in [-0.4, -0.2) is 69.6 Å². The first-order valence-electron chi connectivity index (χ1n) is 4.71. The molecule has 0 amide bonds. The number of β-amino-alcohol motifs (C(OH)–C–C–N with tert-alkyl or cyclic N) is 1. The summed E-state index contributed by atoms with van der Waals surface area (Å²) in [5.41, 5.74) is -1.34. The van der Waals surface area contributed by atoms with Crippen molar-refractivity contribution >= 4 is 0 Å². The van der Waals surface area contributed by atoms with E-state index in [4.69, 9.17) is 4.84 Å². The summed E-state index contributed by atoms with van der Waals surface area (Å²) in [7, 11) is 0. The second-order valence-electron chi connectivity index (χ2n) is 3.58. The van der Waals surface area contributed by atoms with E-state index in [1.165, 1.54) is 11.1 Å². The van der Waals surface area contributed by atoms with Crippen molar-refractivity contribution in [2.45, 2.75) is 17.7 Å². The second kappa shape index (κ2) is 5.02. The Morgan fingerprint density at radius 1 is 1.40 bits per heavy atom. The smallest absolute Gasteiger partial charge is 0.121 e. The molecule has 1 heterocycles. The van der Waals surface area contributed by atoms with Crippen LogP contribution in [0.3, 0.4) is 0 Å². The predicted octanol–water partition coefficient (Wildman–Crippen LogP) is -2.14. The minimum atomic E-state index is -1.34. The zero-order valence-electron chi connectivity index (χ0n) is 8.41. The molecule has 0 radical (unpaired) electrons. The third kappa shape index (κ3) is 2.05. The van der Waals surface area contributed by atoms with Crippen LogP contribution in [0.15, 0.2) is 12.7 Å². The van der Waals surface area contributed by atoms with Gasteiger partial charge in [0.15, 0.2) is 0 Å². The van der Waals surface area contributed by atoms with E-state index < -0.39 is 31.0 Å². The highest BCUT2D eigenvalue weighted by Gasteiger charge is 2.53. The maximum Gasteiger partial charge on any atom is 0.121 e. The normalized spacial score (nSPS) is 30.7. The van der Waals surface area contributed by atoms with Crippen molar-refractivity contribution in [3.8, 4) is 0 Å². The Bertz CT molecular complexity index is 219. The SMILES string of the molecule is C=CCON1C[C@@H](O)[C@@H](O)C1(CO)CO. The minimum Gasteiger partial charge on any atom is -0.394 e. The molecule has 1 aliphatic rings. The fourth-order valence-corrected chi connectivity index (χ4v) is 1.68. The van der Waals surface area contributed by atoms with Crippen LogP contribution in [0.5, 0.6) is 0 Å².